The Morgan fingerprint density at radius 2 is 1.84 bits per heavy atom. The number of aliphatic hydroxyl groups is 2. The number of rotatable bonds is 5. The molecule has 0 saturated carbocycles. The quantitative estimate of drug-likeness (QED) is 0.515. The molecule has 2 aromatic heterocycles. The molecule has 4 nitrogen and oxygen atoms in total. The molecular weight excluding hydrogens is 332 g/mol. The first-order valence-electron chi connectivity index (χ1n) is 8.41. The van der Waals surface area contributed by atoms with Crippen molar-refractivity contribution in [1.82, 2.24) is 9.88 Å². The molecule has 0 spiro atoms. The molecule has 2 aromatic carbocycles. The zero-order chi connectivity index (χ0) is 17.6. The number of thiophene rings is 1. The van der Waals surface area contributed by atoms with Crippen LogP contribution in [-0.4, -0.2) is 33.5 Å². The van der Waals surface area contributed by atoms with Crippen LogP contribution in [0.1, 0.15) is 12.5 Å². The first-order valence-corrected chi connectivity index (χ1v) is 9.29. The third-order valence-electron chi connectivity index (χ3n) is 5.08. The summed E-state index contributed by atoms with van der Waals surface area (Å²) in [6.45, 7) is 2.23. The number of aryl methyl sites for hydroxylation is 1. The standard InChI is InChI=1S/C20H22N2O2S/c1-20(11-23,12-24)21-10-13-9-16-14-5-3-4-6-17(14)22(2)18(16)15-7-8-25-19(13)15/h3-9,21,23-24H,10-12H2,1-2H3. The van der Waals surface area contributed by atoms with E-state index in [2.05, 4.69) is 58.7 Å². The summed E-state index contributed by atoms with van der Waals surface area (Å²) in [5.74, 6) is 0. The van der Waals surface area contributed by atoms with Gasteiger partial charge in [0, 0.05) is 40.0 Å². The number of nitrogens with zero attached hydrogens (tertiary/aromatic N) is 1. The topological polar surface area (TPSA) is 57.4 Å². The fraction of sp³-hybridized carbons (Fsp3) is 0.300. The summed E-state index contributed by atoms with van der Waals surface area (Å²) in [7, 11) is 2.12. The van der Waals surface area contributed by atoms with Gasteiger partial charge in [0.15, 0.2) is 0 Å². The number of benzene rings is 2. The van der Waals surface area contributed by atoms with E-state index in [1.807, 2.05) is 6.92 Å². The summed E-state index contributed by atoms with van der Waals surface area (Å²) in [4.78, 5) is 0. The molecule has 4 aromatic rings. The molecular formula is C20H22N2O2S. The molecule has 25 heavy (non-hydrogen) atoms. The average molecular weight is 354 g/mol. The van der Waals surface area contributed by atoms with E-state index in [-0.39, 0.29) is 13.2 Å². The number of aromatic nitrogens is 1. The van der Waals surface area contributed by atoms with Gasteiger partial charge in [-0.25, -0.2) is 0 Å². The van der Waals surface area contributed by atoms with Gasteiger partial charge < -0.3 is 20.1 Å². The molecule has 0 radical (unpaired) electrons. The minimum Gasteiger partial charge on any atom is -0.394 e. The van der Waals surface area contributed by atoms with Crippen LogP contribution < -0.4 is 5.32 Å². The summed E-state index contributed by atoms with van der Waals surface area (Å²) < 4.78 is 3.52. The third kappa shape index (κ3) is 2.55. The minimum atomic E-state index is -0.683. The Bertz CT molecular complexity index is 1060. The first-order chi connectivity index (χ1) is 12.1. The predicted molar refractivity (Wildman–Crippen MR) is 105 cm³/mol. The Morgan fingerprint density at radius 3 is 2.60 bits per heavy atom. The molecule has 0 aliphatic rings. The smallest absolute Gasteiger partial charge is 0.0633 e. The zero-order valence-corrected chi connectivity index (χ0v) is 15.2. The minimum absolute atomic E-state index is 0.104. The molecule has 0 aliphatic heterocycles. The van der Waals surface area contributed by atoms with E-state index in [0.717, 1.165) is 0 Å². The van der Waals surface area contributed by atoms with E-state index in [9.17, 15) is 10.2 Å². The van der Waals surface area contributed by atoms with Crippen LogP contribution >= 0.6 is 11.3 Å². The first kappa shape index (κ1) is 16.5. The molecule has 5 heteroatoms. The van der Waals surface area contributed by atoms with E-state index in [0.29, 0.717) is 6.54 Å². The lowest BCUT2D eigenvalue weighted by atomic mass is 10.0. The summed E-state index contributed by atoms with van der Waals surface area (Å²) in [5, 5.41) is 28.3. The molecule has 0 unspecified atom stereocenters. The van der Waals surface area contributed by atoms with Gasteiger partial charge in [0.1, 0.15) is 0 Å². The van der Waals surface area contributed by atoms with Crippen molar-refractivity contribution in [2.45, 2.75) is 19.0 Å². The number of hydrogen-bond donors (Lipinski definition) is 3. The SMILES string of the molecule is Cn1c2ccccc2c2cc(CNC(C)(CO)CO)c3sccc3c21. The number of aliphatic hydroxyl groups excluding tert-OH is 2. The van der Waals surface area contributed by atoms with Gasteiger partial charge in [0.2, 0.25) is 0 Å². The number of nitrogens with one attached hydrogen (secondary N) is 1. The lowest BCUT2D eigenvalue weighted by molar-refractivity contribution is 0.103. The Labute approximate surface area is 150 Å². The van der Waals surface area contributed by atoms with Crippen molar-refractivity contribution < 1.29 is 10.2 Å². The summed E-state index contributed by atoms with van der Waals surface area (Å²) in [5.41, 5.74) is 3.00. The van der Waals surface area contributed by atoms with E-state index in [1.165, 1.54) is 37.5 Å². The van der Waals surface area contributed by atoms with E-state index >= 15 is 0 Å². The molecule has 130 valence electrons. The van der Waals surface area contributed by atoms with Crippen molar-refractivity contribution >= 4 is 43.2 Å². The average Bonchev–Trinajstić information content (AvgIpc) is 3.23. The van der Waals surface area contributed by atoms with Gasteiger partial charge in [-0.2, -0.15) is 0 Å². The third-order valence-corrected chi connectivity index (χ3v) is 6.07. The lowest BCUT2D eigenvalue weighted by Gasteiger charge is -2.26. The molecule has 4 rings (SSSR count). The fourth-order valence-corrected chi connectivity index (χ4v) is 4.39. The summed E-state index contributed by atoms with van der Waals surface area (Å²) >= 11 is 1.73. The van der Waals surface area contributed by atoms with Crippen LogP contribution in [0.5, 0.6) is 0 Å². The maximum Gasteiger partial charge on any atom is 0.0633 e. The molecule has 0 fully saturated rings. The van der Waals surface area contributed by atoms with Crippen LogP contribution in [0.4, 0.5) is 0 Å². The molecule has 0 aliphatic carbocycles. The Morgan fingerprint density at radius 1 is 1.08 bits per heavy atom. The number of fused-ring (bicyclic) bond motifs is 5. The highest BCUT2D eigenvalue weighted by Crippen LogP contribution is 2.37. The van der Waals surface area contributed by atoms with Crippen molar-refractivity contribution in [3.05, 3.63) is 47.3 Å². The normalized spacial score (nSPS) is 12.6. The Kier molecular flexibility index (Phi) is 4.04. The lowest BCUT2D eigenvalue weighted by Crippen LogP contribution is -2.48. The Hall–Kier alpha value is -1.92. The summed E-state index contributed by atoms with van der Waals surface area (Å²) in [6, 6.07) is 12.9. The van der Waals surface area contributed by atoms with Crippen LogP contribution in [0.3, 0.4) is 0 Å². The van der Waals surface area contributed by atoms with Crippen LogP contribution in [0.15, 0.2) is 41.8 Å². The van der Waals surface area contributed by atoms with Crippen molar-refractivity contribution in [1.29, 1.82) is 0 Å². The zero-order valence-electron chi connectivity index (χ0n) is 14.4. The highest BCUT2D eigenvalue weighted by Gasteiger charge is 2.22. The molecule has 0 saturated heterocycles. The monoisotopic (exact) mass is 354 g/mol. The number of para-hydroxylation sites is 1. The second kappa shape index (κ2) is 6.11. The maximum absolute atomic E-state index is 9.53. The van der Waals surface area contributed by atoms with Gasteiger partial charge in [-0.1, -0.05) is 18.2 Å². The molecule has 0 amide bonds. The largest absolute Gasteiger partial charge is 0.394 e. The Balaban J connectivity index is 1.92. The van der Waals surface area contributed by atoms with E-state index in [4.69, 9.17) is 0 Å². The highest BCUT2D eigenvalue weighted by atomic mass is 32.1. The van der Waals surface area contributed by atoms with Gasteiger partial charge in [0.25, 0.3) is 0 Å². The molecule has 2 heterocycles. The van der Waals surface area contributed by atoms with Crippen LogP contribution in [0.2, 0.25) is 0 Å². The molecule has 3 N–H and O–H groups in total. The van der Waals surface area contributed by atoms with Gasteiger partial charge in [0.05, 0.1) is 24.3 Å². The van der Waals surface area contributed by atoms with Gasteiger partial charge in [-0.15, -0.1) is 11.3 Å². The second-order valence-corrected chi connectivity index (χ2v) is 7.82. The fourth-order valence-electron chi connectivity index (χ4n) is 3.48. The van der Waals surface area contributed by atoms with Gasteiger partial charge in [-0.3, -0.25) is 0 Å². The predicted octanol–water partition coefficient (Wildman–Crippen LogP) is 3.38. The maximum atomic E-state index is 9.53. The van der Waals surface area contributed by atoms with Gasteiger partial charge >= 0.3 is 0 Å². The van der Waals surface area contributed by atoms with E-state index < -0.39 is 5.54 Å². The summed E-state index contributed by atoms with van der Waals surface area (Å²) in [6.07, 6.45) is 0. The van der Waals surface area contributed by atoms with Crippen molar-refractivity contribution in [2.24, 2.45) is 7.05 Å². The van der Waals surface area contributed by atoms with Crippen LogP contribution in [0, 0.1) is 0 Å². The highest BCUT2D eigenvalue weighted by molar-refractivity contribution is 7.17. The van der Waals surface area contributed by atoms with Gasteiger partial charge in [-0.05, 0) is 36.1 Å². The number of hydrogen-bond acceptors (Lipinski definition) is 4. The molecule has 0 bridgehead atoms. The van der Waals surface area contributed by atoms with Crippen LogP contribution in [-0.2, 0) is 13.6 Å². The van der Waals surface area contributed by atoms with Crippen LogP contribution in [0.25, 0.3) is 31.9 Å². The van der Waals surface area contributed by atoms with Crippen molar-refractivity contribution in [2.75, 3.05) is 13.2 Å². The van der Waals surface area contributed by atoms with E-state index in [1.54, 1.807) is 11.3 Å². The van der Waals surface area contributed by atoms with Crippen molar-refractivity contribution in [3.8, 4) is 0 Å². The second-order valence-electron chi connectivity index (χ2n) is 6.90. The molecule has 0 atom stereocenters. The van der Waals surface area contributed by atoms with Crippen molar-refractivity contribution in [3.63, 3.8) is 0 Å².